The smallest absolute Gasteiger partial charge is 0.186 e. The number of nitrogens with zero attached hydrogens (tertiary/aromatic N) is 1. The van der Waals surface area contributed by atoms with Gasteiger partial charge in [0.1, 0.15) is 11.5 Å². The van der Waals surface area contributed by atoms with E-state index in [9.17, 15) is 9.90 Å². The highest BCUT2D eigenvalue weighted by molar-refractivity contribution is 6.07. The second kappa shape index (κ2) is 6.32. The van der Waals surface area contributed by atoms with Crippen LogP contribution in [0.2, 0.25) is 0 Å². The molecule has 4 nitrogen and oxygen atoms in total. The lowest BCUT2D eigenvalue weighted by Gasteiger charge is -2.02. The van der Waals surface area contributed by atoms with Crippen LogP contribution < -0.4 is 4.74 Å². The van der Waals surface area contributed by atoms with E-state index in [4.69, 9.17) is 4.74 Å². The van der Waals surface area contributed by atoms with Crippen molar-refractivity contribution in [2.75, 3.05) is 7.11 Å². The molecule has 1 N–H and O–H groups in total. The van der Waals surface area contributed by atoms with Crippen LogP contribution in [0.1, 0.15) is 16.1 Å². The first kappa shape index (κ1) is 14.8. The normalized spacial score (nSPS) is 11.0. The number of hydrogen-bond donors (Lipinski definition) is 1. The molecule has 3 aromatic rings. The molecule has 1 heterocycles. The van der Waals surface area contributed by atoms with E-state index in [1.165, 1.54) is 18.2 Å². The number of ketones is 1. The third-order valence-corrected chi connectivity index (χ3v) is 3.45. The summed E-state index contributed by atoms with van der Waals surface area (Å²) in [6.07, 6.45) is 3.11. The lowest BCUT2D eigenvalue weighted by molar-refractivity contribution is 0.104. The predicted molar refractivity (Wildman–Crippen MR) is 89.8 cm³/mol. The zero-order chi connectivity index (χ0) is 16.2. The molecule has 0 aliphatic rings. The largest absolute Gasteiger partial charge is 0.508 e. The van der Waals surface area contributed by atoms with E-state index < -0.39 is 0 Å². The van der Waals surface area contributed by atoms with Crippen LogP contribution in [0.25, 0.3) is 17.0 Å². The highest BCUT2D eigenvalue weighted by Crippen LogP contribution is 2.20. The number of aromatic nitrogens is 1. The van der Waals surface area contributed by atoms with Gasteiger partial charge in [-0.2, -0.15) is 0 Å². The molecule has 0 saturated heterocycles. The van der Waals surface area contributed by atoms with Crippen molar-refractivity contribution in [3.8, 4) is 11.5 Å². The number of phenolic OH excluding ortho intramolecular Hbond substituents is 1. The minimum Gasteiger partial charge on any atom is -0.508 e. The van der Waals surface area contributed by atoms with Gasteiger partial charge in [0.15, 0.2) is 5.78 Å². The lowest BCUT2D eigenvalue weighted by atomic mass is 10.1. The van der Waals surface area contributed by atoms with E-state index >= 15 is 0 Å². The Balaban J connectivity index is 1.84. The summed E-state index contributed by atoms with van der Waals surface area (Å²) >= 11 is 0. The summed E-state index contributed by atoms with van der Waals surface area (Å²) in [6, 6.07) is 15.7. The molecule has 1 aromatic heterocycles. The third-order valence-electron chi connectivity index (χ3n) is 3.45. The molecule has 2 aromatic carbocycles. The Bertz CT molecular complexity index is 900. The lowest BCUT2D eigenvalue weighted by Crippen LogP contribution is -1.93. The second-order valence-corrected chi connectivity index (χ2v) is 5.04. The van der Waals surface area contributed by atoms with Crippen molar-refractivity contribution in [2.45, 2.75) is 0 Å². The van der Waals surface area contributed by atoms with Crippen molar-refractivity contribution < 1.29 is 14.6 Å². The van der Waals surface area contributed by atoms with E-state index in [-0.39, 0.29) is 11.5 Å². The van der Waals surface area contributed by atoms with Crippen molar-refractivity contribution >= 4 is 22.8 Å². The van der Waals surface area contributed by atoms with Gasteiger partial charge >= 0.3 is 0 Å². The number of pyridine rings is 1. The summed E-state index contributed by atoms with van der Waals surface area (Å²) in [6.45, 7) is 0. The number of ether oxygens (including phenoxy) is 1. The Kier molecular flexibility index (Phi) is 4.06. The van der Waals surface area contributed by atoms with Crippen molar-refractivity contribution in [2.24, 2.45) is 0 Å². The molecule has 0 fully saturated rings. The van der Waals surface area contributed by atoms with Crippen LogP contribution in [0.5, 0.6) is 11.5 Å². The summed E-state index contributed by atoms with van der Waals surface area (Å²) in [7, 11) is 1.62. The maximum Gasteiger partial charge on any atom is 0.186 e. The topological polar surface area (TPSA) is 59.4 Å². The number of methoxy groups -OCH3 is 1. The fourth-order valence-electron chi connectivity index (χ4n) is 2.26. The van der Waals surface area contributed by atoms with Crippen LogP contribution in [0, 0.1) is 0 Å². The van der Waals surface area contributed by atoms with Gasteiger partial charge < -0.3 is 9.84 Å². The Labute approximate surface area is 133 Å². The number of carbonyl (C=O) groups excluding carboxylic acids is 1. The van der Waals surface area contributed by atoms with E-state index in [1.54, 1.807) is 25.3 Å². The van der Waals surface area contributed by atoms with Crippen LogP contribution >= 0.6 is 0 Å². The van der Waals surface area contributed by atoms with Gasteiger partial charge in [-0.05, 0) is 48.6 Å². The molecule has 0 saturated carbocycles. The number of fused-ring (bicyclic) bond motifs is 1. The highest BCUT2D eigenvalue weighted by atomic mass is 16.5. The molecule has 23 heavy (non-hydrogen) atoms. The van der Waals surface area contributed by atoms with Crippen molar-refractivity contribution in [3.63, 3.8) is 0 Å². The summed E-state index contributed by atoms with van der Waals surface area (Å²) in [5.74, 6) is 0.668. The summed E-state index contributed by atoms with van der Waals surface area (Å²) in [5.41, 5.74) is 1.96. The van der Waals surface area contributed by atoms with Crippen molar-refractivity contribution in [1.29, 1.82) is 0 Å². The number of rotatable bonds is 4. The molecule has 4 heteroatoms. The average molecular weight is 305 g/mol. The first-order chi connectivity index (χ1) is 11.2. The maximum atomic E-state index is 12.1. The fourth-order valence-corrected chi connectivity index (χ4v) is 2.26. The van der Waals surface area contributed by atoms with Gasteiger partial charge in [-0.25, -0.2) is 4.98 Å². The first-order valence-electron chi connectivity index (χ1n) is 7.12. The van der Waals surface area contributed by atoms with Crippen LogP contribution in [-0.2, 0) is 0 Å². The van der Waals surface area contributed by atoms with Crippen LogP contribution in [-0.4, -0.2) is 23.0 Å². The molecule has 0 aliphatic carbocycles. The maximum absolute atomic E-state index is 12.1. The Hall–Kier alpha value is -3.14. The van der Waals surface area contributed by atoms with Gasteiger partial charge in [-0.3, -0.25) is 4.79 Å². The minimum absolute atomic E-state index is 0.0713. The van der Waals surface area contributed by atoms with Crippen LogP contribution in [0.4, 0.5) is 0 Å². The van der Waals surface area contributed by atoms with Crippen LogP contribution in [0.3, 0.4) is 0 Å². The second-order valence-electron chi connectivity index (χ2n) is 5.04. The van der Waals surface area contributed by atoms with E-state index in [0.29, 0.717) is 11.3 Å². The molecular formula is C19H15NO3. The molecular weight excluding hydrogens is 290 g/mol. The minimum atomic E-state index is -0.183. The number of benzene rings is 2. The molecule has 0 bridgehead atoms. The monoisotopic (exact) mass is 305 g/mol. The number of phenols is 1. The summed E-state index contributed by atoms with van der Waals surface area (Å²) < 4.78 is 5.18. The number of hydrogen-bond acceptors (Lipinski definition) is 4. The molecule has 0 spiro atoms. The van der Waals surface area contributed by atoms with E-state index in [0.717, 1.165) is 16.7 Å². The Morgan fingerprint density at radius 3 is 2.78 bits per heavy atom. The molecule has 0 atom stereocenters. The number of allylic oxidation sites excluding steroid dienone is 1. The predicted octanol–water partition coefficient (Wildman–Crippen LogP) is 3.85. The van der Waals surface area contributed by atoms with E-state index in [2.05, 4.69) is 4.98 Å². The molecule has 3 rings (SSSR count). The van der Waals surface area contributed by atoms with Crippen molar-refractivity contribution in [1.82, 2.24) is 4.98 Å². The van der Waals surface area contributed by atoms with Gasteiger partial charge in [0.25, 0.3) is 0 Å². The number of carbonyl (C=O) groups is 1. The Morgan fingerprint density at radius 1 is 1.13 bits per heavy atom. The molecule has 0 unspecified atom stereocenters. The fraction of sp³-hybridized carbons (Fsp3) is 0.0526. The number of aromatic hydroxyl groups is 1. The van der Waals surface area contributed by atoms with Gasteiger partial charge in [0, 0.05) is 10.9 Å². The third kappa shape index (κ3) is 3.37. The SMILES string of the molecule is COc1ccc2nc(C=CC(=O)c3cccc(O)c3)ccc2c1. The van der Waals surface area contributed by atoms with Crippen LogP contribution in [0.15, 0.2) is 60.7 Å². The van der Waals surface area contributed by atoms with Gasteiger partial charge in [-0.15, -0.1) is 0 Å². The van der Waals surface area contributed by atoms with Crippen molar-refractivity contribution in [3.05, 3.63) is 71.9 Å². The molecule has 0 aliphatic heterocycles. The molecule has 0 radical (unpaired) electrons. The first-order valence-corrected chi connectivity index (χ1v) is 7.12. The zero-order valence-corrected chi connectivity index (χ0v) is 12.6. The average Bonchev–Trinajstić information content (AvgIpc) is 2.59. The van der Waals surface area contributed by atoms with Gasteiger partial charge in [0.05, 0.1) is 18.3 Å². The van der Waals surface area contributed by atoms with Gasteiger partial charge in [-0.1, -0.05) is 18.2 Å². The highest BCUT2D eigenvalue weighted by Gasteiger charge is 2.03. The molecule has 0 amide bonds. The summed E-state index contributed by atoms with van der Waals surface area (Å²) in [5, 5.41) is 10.4. The van der Waals surface area contributed by atoms with E-state index in [1.807, 2.05) is 30.3 Å². The standard InChI is InChI=1S/C19H15NO3/c1-23-17-8-9-18-13(12-17)5-6-15(20-18)7-10-19(22)14-3-2-4-16(21)11-14/h2-12,21H,1H3. The Morgan fingerprint density at radius 2 is 2.00 bits per heavy atom. The zero-order valence-electron chi connectivity index (χ0n) is 12.6. The van der Waals surface area contributed by atoms with Gasteiger partial charge in [0.2, 0.25) is 0 Å². The summed E-state index contributed by atoms with van der Waals surface area (Å²) in [4.78, 5) is 16.6. The molecule has 114 valence electrons. The quantitative estimate of drug-likeness (QED) is 0.587.